The molecule has 5 aromatic carbocycles. The van der Waals surface area contributed by atoms with Crippen molar-refractivity contribution in [1.82, 2.24) is 0 Å². The fourth-order valence-electron chi connectivity index (χ4n) is 5.18. The molecule has 0 aliphatic carbocycles. The van der Waals surface area contributed by atoms with Crippen LogP contribution in [-0.4, -0.2) is 37.3 Å². The van der Waals surface area contributed by atoms with Gasteiger partial charge in [0.1, 0.15) is 18.1 Å². The zero-order valence-corrected chi connectivity index (χ0v) is 27.6. The molecule has 252 valence electrons. The van der Waals surface area contributed by atoms with E-state index in [1.54, 1.807) is 37.1 Å². The number of esters is 1. The quantitative estimate of drug-likeness (QED) is 0.0402. The second-order valence-corrected chi connectivity index (χ2v) is 11.9. The molecule has 0 fully saturated rings. The van der Waals surface area contributed by atoms with Crippen molar-refractivity contribution in [3.05, 3.63) is 155 Å². The number of thioether (sulfide) groups is 1. The molecule has 0 saturated carbocycles. The van der Waals surface area contributed by atoms with E-state index in [4.69, 9.17) is 28.9 Å². The molecule has 0 atom stereocenters. The lowest BCUT2D eigenvalue weighted by Gasteiger charge is -2.35. The van der Waals surface area contributed by atoms with Crippen molar-refractivity contribution in [2.24, 2.45) is 0 Å². The molecule has 11 heteroatoms. The SMILES string of the molecule is COc1ccc(C(SCCC(=O)Oc2ccc(COC(=O)Oc3ccc(N([O-])O)cc3)cc2OC)(c2ccccc2)c2ccccc2)cc1. The number of rotatable bonds is 14. The molecule has 0 heterocycles. The summed E-state index contributed by atoms with van der Waals surface area (Å²) in [5.41, 5.74) is 3.74. The molecule has 5 aromatic rings. The van der Waals surface area contributed by atoms with E-state index in [0.717, 1.165) is 22.4 Å². The summed E-state index contributed by atoms with van der Waals surface area (Å²) in [7, 11) is 3.08. The number of carbonyl (C=O) groups excluding carboxylic acids is 2. The number of hydrogen-bond acceptors (Lipinski definition) is 11. The Bertz CT molecular complexity index is 1780. The molecule has 0 spiro atoms. The summed E-state index contributed by atoms with van der Waals surface area (Å²) in [6.07, 6.45) is -0.853. The number of nitrogens with zero attached hydrogens (tertiary/aromatic N) is 1. The second-order valence-electron chi connectivity index (χ2n) is 10.6. The van der Waals surface area contributed by atoms with Crippen molar-refractivity contribution in [1.29, 1.82) is 0 Å². The lowest BCUT2D eigenvalue weighted by molar-refractivity contribution is -0.134. The van der Waals surface area contributed by atoms with Gasteiger partial charge in [0.25, 0.3) is 0 Å². The molecule has 49 heavy (non-hydrogen) atoms. The van der Waals surface area contributed by atoms with Crippen LogP contribution in [0.4, 0.5) is 10.5 Å². The van der Waals surface area contributed by atoms with Crippen molar-refractivity contribution in [3.8, 4) is 23.0 Å². The number of carbonyl (C=O) groups is 2. The van der Waals surface area contributed by atoms with E-state index in [2.05, 4.69) is 36.4 Å². The third-order valence-electron chi connectivity index (χ3n) is 7.55. The molecule has 0 unspecified atom stereocenters. The van der Waals surface area contributed by atoms with E-state index in [1.165, 1.54) is 31.4 Å². The summed E-state index contributed by atoms with van der Waals surface area (Å²) < 4.78 is 26.2. The monoisotopic (exact) mass is 680 g/mol. The minimum absolute atomic E-state index is 0.0200. The molecule has 0 aliphatic heterocycles. The Balaban J connectivity index is 1.24. The first-order chi connectivity index (χ1) is 23.8. The minimum Gasteiger partial charge on any atom is -0.733 e. The van der Waals surface area contributed by atoms with Gasteiger partial charge < -0.3 is 34.1 Å². The van der Waals surface area contributed by atoms with Crippen LogP contribution >= 0.6 is 11.8 Å². The van der Waals surface area contributed by atoms with E-state index >= 15 is 0 Å². The number of ether oxygens (including phenoxy) is 5. The molecule has 10 nitrogen and oxygen atoms in total. The van der Waals surface area contributed by atoms with Gasteiger partial charge in [-0.2, -0.15) is 0 Å². The van der Waals surface area contributed by atoms with Crippen LogP contribution in [0.5, 0.6) is 23.0 Å². The third-order valence-corrected chi connectivity index (χ3v) is 9.10. The van der Waals surface area contributed by atoms with Gasteiger partial charge in [-0.25, -0.2) is 4.79 Å². The summed E-state index contributed by atoms with van der Waals surface area (Å²) in [6, 6.07) is 38.4. The van der Waals surface area contributed by atoms with E-state index in [9.17, 15) is 14.8 Å². The van der Waals surface area contributed by atoms with Crippen LogP contribution in [0.15, 0.2) is 127 Å². The van der Waals surface area contributed by atoms with Crippen LogP contribution in [0.2, 0.25) is 0 Å². The molecule has 0 aromatic heterocycles. The fourth-order valence-corrected chi connectivity index (χ4v) is 6.66. The topological polar surface area (TPSA) is 127 Å². The first-order valence-corrected chi connectivity index (χ1v) is 16.2. The molecule has 5 rings (SSSR count). The van der Waals surface area contributed by atoms with Crippen LogP contribution in [0.1, 0.15) is 28.7 Å². The summed E-state index contributed by atoms with van der Waals surface area (Å²) in [6.45, 7) is -0.143. The Morgan fingerprint density at radius 1 is 0.714 bits per heavy atom. The maximum atomic E-state index is 13.2. The normalized spacial score (nSPS) is 10.9. The van der Waals surface area contributed by atoms with Crippen LogP contribution < -0.4 is 24.2 Å². The summed E-state index contributed by atoms with van der Waals surface area (Å²) in [5.74, 6) is 1.41. The van der Waals surface area contributed by atoms with E-state index in [1.807, 2.05) is 48.5 Å². The van der Waals surface area contributed by atoms with Gasteiger partial charge in [0.2, 0.25) is 0 Å². The molecule has 1 N–H and O–H groups in total. The van der Waals surface area contributed by atoms with Gasteiger partial charge in [0.05, 0.1) is 31.1 Å². The van der Waals surface area contributed by atoms with Gasteiger partial charge >= 0.3 is 12.1 Å². The van der Waals surface area contributed by atoms with Gasteiger partial charge in [-0.1, -0.05) is 78.9 Å². The van der Waals surface area contributed by atoms with Gasteiger partial charge in [0, 0.05) is 5.75 Å². The summed E-state index contributed by atoms with van der Waals surface area (Å²) >= 11 is 1.64. The molecule has 0 amide bonds. The number of benzene rings is 5. The zero-order valence-electron chi connectivity index (χ0n) is 26.8. The van der Waals surface area contributed by atoms with Crippen molar-refractivity contribution in [3.63, 3.8) is 0 Å². The van der Waals surface area contributed by atoms with Gasteiger partial charge in [-0.15, -0.1) is 11.8 Å². The van der Waals surface area contributed by atoms with Gasteiger partial charge in [-0.05, 0) is 70.8 Å². The fraction of sp³-hybridized carbons (Fsp3) is 0.158. The van der Waals surface area contributed by atoms with Crippen LogP contribution in [-0.2, 0) is 20.9 Å². The van der Waals surface area contributed by atoms with Crippen molar-refractivity contribution in [2.75, 3.05) is 25.2 Å². The lowest BCUT2D eigenvalue weighted by atomic mass is 9.84. The predicted molar refractivity (Wildman–Crippen MR) is 186 cm³/mol. The highest BCUT2D eigenvalue weighted by Crippen LogP contribution is 2.49. The summed E-state index contributed by atoms with van der Waals surface area (Å²) in [4.78, 5) is 25.3. The van der Waals surface area contributed by atoms with Crippen LogP contribution in [0.3, 0.4) is 0 Å². The van der Waals surface area contributed by atoms with Gasteiger partial charge in [0.15, 0.2) is 11.5 Å². The Morgan fingerprint density at radius 2 is 1.31 bits per heavy atom. The van der Waals surface area contributed by atoms with E-state index in [0.29, 0.717) is 17.1 Å². The molecule has 0 aliphatic rings. The average molecular weight is 681 g/mol. The van der Waals surface area contributed by atoms with E-state index < -0.39 is 16.9 Å². The molecular weight excluding hydrogens is 646 g/mol. The number of anilines is 1. The average Bonchev–Trinajstić information content (AvgIpc) is 3.14. The predicted octanol–water partition coefficient (Wildman–Crippen LogP) is 8.13. The maximum Gasteiger partial charge on any atom is 0.514 e. The molecule has 0 bridgehead atoms. The van der Waals surface area contributed by atoms with Crippen molar-refractivity contribution >= 4 is 29.6 Å². The highest BCUT2D eigenvalue weighted by Gasteiger charge is 2.37. The third kappa shape index (κ3) is 8.71. The van der Waals surface area contributed by atoms with Crippen LogP contribution in [0.25, 0.3) is 0 Å². The zero-order chi connectivity index (χ0) is 34.6. The number of hydrogen-bond donors (Lipinski definition) is 1. The Labute approximate surface area is 288 Å². The maximum absolute atomic E-state index is 13.2. The lowest BCUT2D eigenvalue weighted by Crippen LogP contribution is -2.26. The largest absolute Gasteiger partial charge is 0.733 e. The first-order valence-electron chi connectivity index (χ1n) is 15.2. The molecule has 0 saturated heterocycles. The smallest absolute Gasteiger partial charge is 0.514 e. The highest BCUT2D eigenvalue weighted by molar-refractivity contribution is 8.00. The number of methoxy groups -OCH3 is 2. The molecular formula is C38H34NO9S-. The Morgan fingerprint density at radius 3 is 1.88 bits per heavy atom. The molecule has 0 radical (unpaired) electrons. The van der Waals surface area contributed by atoms with E-state index in [-0.39, 0.29) is 35.4 Å². The first kappa shape index (κ1) is 34.8. The standard InChI is InChI=1S/C38H34NO9S/c1-44-32-18-14-30(15-19-32)38(28-9-5-3-6-10-28,29-11-7-4-8-12-29)49-24-23-36(40)48-34-22-13-27(25-35(34)45-2)26-46-37(41)47-33-20-16-31(17-21-33)39(42)43/h3-22,25,42H,23-24,26H2,1-2H3/q-1. The highest BCUT2D eigenvalue weighted by atomic mass is 32.2. The Kier molecular flexibility index (Phi) is 11.8. The van der Waals surface area contributed by atoms with Gasteiger partial charge in [-0.3, -0.25) is 10.0 Å². The van der Waals surface area contributed by atoms with Crippen molar-refractivity contribution in [2.45, 2.75) is 17.8 Å². The Hall–Kier alpha value is -5.49. The van der Waals surface area contributed by atoms with Crippen LogP contribution in [0, 0.1) is 5.21 Å². The second kappa shape index (κ2) is 16.6. The summed E-state index contributed by atoms with van der Waals surface area (Å²) in [5, 5.41) is 19.5. The minimum atomic E-state index is -0.973. The van der Waals surface area contributed by atoms with Crippen molar-refractivity contribution < 1.29 is 38.5 Å².